The van der Waals surface area contributed by atoms with Gasteiger partial charge < -0.3 is 0 Å². The van der Waals surface area contributed by atoms with Crippen LogP contribution in [0.15, 0.2) is 238 Å². The Morgan fingerprint density at radius 3 is 1.47 bits per heavy atom. The van der Waals surface area contributed by atoms with E-state index in [1.54, 1.807) is 0 Å². The fourth-order valence-corrected chi connectivity index (χ4v) is 12.6. The zero-order chi connectivity index (χ0) is 52.3. The lowest BCUT2D eigenvalue weighted by atomic mass is 9.80. The molecular formula is C74H59N3. The number of aryl methyl sites for hydroxylation is 1. The fraction of sp³-hybridized carbons (Fsp3) is 0.122. The van der Waals surface area contributed by atoms with Crippen LogP contribution in [0.2, 0.25) is 0 Å². The van der Waals surface area contributed by atoms with E-state index in [1.165, 1.54) is 138 Å². The molecule has 0 spiro atoms. The van der Waals surface area contributed by atoms with E-state index in [2.05, 4.69) is 237 Å². The van der Waals surface area contributed by atoms with Crippen LogP contribution in [0.1, 0.15) is 73.1 Å². The van der Waals surface area contributed by atoms with E-state index < -0.39 is 0 Å². The van der Waals surface area contributed by atoms with E-state index in [-0.39, 0.29) is 10.8 Å². The van der Waals surface area contributed by atoms with Crippen LogP contribution < -0.4 is 0 Å². The number of allylic oxidation sites excluding steroid dienone is 4. The number of pyridine rings is 3. The normalized spacial score (nSPS) is 13.9. The molecule has 3 heterocycles. The van der Waals surface area contributed by atoms with Gasteiger partial charge in [0.2, 0.25) is 0 Å². The number of aromatic nitrogens is 3. The summed E-state index contributed by atoms with van der Waals surface area (Å²) in [4.78, 5) is 12.6. The minimum atomic E-state index is -0.117. The van der Waals surface area contributed by atoms with Crippen molar-refractivity contribution in [3.8, 4) is 77.9 Å². The first-order chi connectivity index (χ1) is 37.7. The van der Waals surface area contributed by atoms with Gasteiger partial charge in [-0.2, -0.15) is 0 Å². The summed E-state index contributed by atoms with van der Waals surface area (Å²) in [5.41, 5.74) is 27.4. The zero-order valence-electron chi connectivity index (χ0n) is 44.2. The Morgan fingerprint density at radius 2 is 0.883 bits per heavy atom. The van der Waals surface area contributed by atoms with E-state index in [0.717, 1.165) is 19.3 Å². The van der Waals surface area contributed by atoms with Crippen molar-refractivity contribution in [3.63, 3.8) is 0 Å². The molecule has 0 N–H and O–H groups in total. The molecule has 14 rings (SSSR count). The maximum atomic E-state index is 4.23. The van der Waals surface area contributed by atoms with Crippen LogP contribution in [-0.2, 0) is 23.7 Å². The predicted molar refractivity (Wildman–Crippen MR) is 324 cm³/mol. The Bertz CT molecular complexity index is 4160. The van der Waals surface area contributed by atoms with Gasteiger partial charge in [0.25, 0.3) is 0 Å². The van der Waals surface area contributed by atoms with Gasteiger partial charge in [0.15, 0.2) is 0 Å². The van der Waals surface area contributed by atoms with Gasteiger partial charge >= 0.3 is 0 Å². The SMILES string of the molecule is C=C/C=C\CCc1ccc2c(c1)C(C)(C)c1cc(-c3ccncc3)ccc1-2.CC1(C)c2cc(-c3ccncc3)ccc2-c2ccc(-c3ccc4c5c3ccc3ccc(-c6ccc(-c7ccncc7)cc6)c(c35)C=CC4)cc21. The third-order valence-electron chi connectivity index (χ3n) is 16.7. The van der Waals surface area contributed by atoms with Crippen LogP contribution in [0.25, 0.3) is 106 Å². The van der Waals surface area contributed by atoms with Gasteiger partial charge in [-0.1, -0.05) is 180 Å². The average molecular weight is 990 g/mol. The third kappa shape index (κ3) is 8.35. The van der Waals surface area contributed by atoms with Gasteiger partial charge in [0.1, 0.15) is 0 Å². The molecule has 3 aromatic heterocycles. The maximum absolute atomic E-state index is 4.23. The summed E-state index contributed by atoms with van der Waals surface area (Å²) in [6, 6.07) is 63.3. The number of fused-ring (bicyclic) bond motifs is 6. The fourth-order valence-electron chi connectivity index (χ4n) is 12.6. The van der Waals surface area contributed by atoms with Crippen molar-refractivity contribution in [3.05, 3.63) is 277 Å². The molecule has 0 atom stereocenters. The number of nitrogens with zero attached hydrogens (tertiary/aromatic N) is 3. The van der Waals surface area contributed by atoms with Crippen molar-refractivity contribution in [2.45, 2.75) is 57.8 Å². The molecule has 0 fully saturated rings. The number of benzene rings is 8. The minimum Gasteiger partial charge on any atom is -0.265 e. The summed E-state index contributed by atoms with van der Waals surface area (Å²) in [7, 11) is 0. The van der Waals surface area contributed by atoms with E-state index in [9.17, 15) is 0 Å². The van der Waals surface area contributed by atoms with Crippen molar-refractivity contribution < 1.29 is 0 Å². The first-order valence-electron chi connectivity index (χ1n) is 27.0. The van der Waals surface area contributed by atoms with Gasteiger partial charge in [0, 0.05) is 48.0 Å². The topological polar surface area (TPSA) is 38.7 Å². The van der Waals surface area contributed by atoms with Crippen molar-refractivity contribution in [2.24, 2.45) is 0 Å². The van der Waals surface area contributed by atoms with Gasteiger partial charge in [-0.05, 0) is 212 Å². The largest absolute Gasteiger partial charge is 0.265 e. The summed E-state index contributed by atoms with van der Waals surface area (Å²) in [6.45, 7) is 13.2. The van der Waals surface area contributed by atoms with Gasteiger partial charge in [-0.3, -0.25) is 15.0 Å². The lowest BCUT2D eigenvalue weighted by molar-refractivity contribution is 0.659. The second kappa shape index (κ2) is 19.3. The molecular weight excluding hydrogens is 931 g/mol. The molecule has 0 unspecified atom stereocenters. The van der Waals surface area contributed by atoms with Crippen LogP contribution >= 0.6 is 0 Å². The van der Waals surface area contributed by atoms with Crippen LogP contribution in [-0.4, -0.2) is 15.0 Å². The Morgan fingerprint density at radius 1 is 0.429 bits per heavy atom. The highest BCUT2D eigenvalue weighted by atomic mass is 14.6. The van der Waals surface area contributed by atoms with Gasteiger partial charge in [-0.15, -0.1) is 0 Å². The molecule has 0 bridgehead atoms. The molecule has 0 amide bonds. The highest BCUT2D eigenvalue weighted by Crippen LogP contribution is 2.53. The van der Waals surface area contributed by atoms with Crippen LogP contribution in [0.3, 0.4) is 0 Å². The minimum absolute atomic E-state index is 0.0146. The summed E-state index contributed by atoms with van der Waals surface area (Å²) in [6.07, 6.45) is 24.9. The van der Waals surface area contributed by atoms with Crippen molar-refractivity contribution >= 4 is 27.6 Å². The summed E-state index contributed by atoms with van der Waals surface area (Å²) in [5, 5.41) is 5.32. The van der Waals surface area contributed by atoms with Crippen LogP contribution in [0, 0.1) is 0 Å². The number of hydrogen-bond donors (Lipinski definition) is 0. The number of hydrogen-bond acceptors (Lipinski definition) is 3. The quantitative estimate of drug-likeness (QED) is 0.107. The average Bonchev–Trinajstić information content (AvgIpc) is 3.74. The Balaban J connectivity index is 0.000000177. The van der Waals surface area contributed by atoms with Crippen LogP contribution in [0.5, 0.6) is 0 Å². The zero-order valence-corrected chi connectivity index (χ0v) is 44.2. The third-order valence-corrected chi connectivity index (χ3v) is 16.7. The van der Waals surface area contributed by atoms with Crippen molar-refractivity contribution in [1.82, 2.24) is 15.0 Å². The standard InChI is InChI=1S/C48H34N2.C26H25N/c1-48(2)44-28-36(32-22-26-50-27-23-32)13-17-40(44)41-18-14-37(29-45(41)48)39-16-10-34-4-3-5-42-38(15-11-35-12-19-43(39)46(34)47(35)42)33-8-6-30(7-9-33)31-20-24-49-25-21-31;1-4-5-6-7-8-19-9-11-22-23-12-10-21(20-13-15-27-16-14-20)18-25(23)26(2,3)24(22)17-19/h3,5-29H,4H2,1-2H3;4-6,9-18H,1,7-8H2,2-3H3/b;6-5-. The van der Waals surface area contributed by atoms with Crippen molar-refractivity contribution in [2.75, 3.05) is 0 Å². The lowest BCUT2D eigenvalue weighted by Crippen LogP contribution is -2.15. The second-order valence-corrected chi connectivity index (χ2v) is 21.9. The molecule has 0 aliphatic heterocycles. The molecule has 0 radical (unpaired) electrons. The highest BCUT2D eigenvalue weighted by Gasteiger charge is 2.37. The maximum Gasteiger partial charge on any atom is 0.0273 e. The highest BCUT2D eigenvalue weighted by molar-refractivity contribution is 6.18. The Hall–Kier alpha value is -9.05. The lowest BCUT2D eigenvalue weighted by Gasteiger charge is -2.23. The van der Waals surface area contributed by atoms with Gasteiger partial charge in [0.05, 0.1) is 0 Å². The Kier molecular flexibility index (Phi) is 11.9. The molecule has 3 aliphatic carbocycles. The Labute approximate surface area is 452 Å². The first kappa shape index (κ1) is 47.6. The molecule has 3 heteroatoms. The monoisotopic (exact) mass is 989 g/mol. The summed E-state index contributed by atoms with van der Waals surface area (Å²) >= 11 is 0. The van der Waals surface area contributed by atoms with E-state index in [4.69, 9.17) is 0 Å². The summed E-state index contributed by atoms with van der Waals surface area (Å²) < 4.78 is 0. The first-order valence-corrected chi connectivity index (χ1v) is 27.0. The molecule has 3 aliphatic rings. The molecule has 11 aromatic rings. The van der Waals surface area contributed by atoms with E-state index in [0.29, 0.717) is 0 Å². The molecule has 77 heavy (non-hydrogen) atoms. The molecule has 3 nitrogen and oxygen atoms in total. The smallest absolute Gasteiger partial charge is 0.0273 e. The molecule has 0 saturated carbocycles. The number of rotatable bonds is 9. The predicted octanol–water partition coefficient (Wildman–Crippen LogP) is 19.1. The van der Waals surface area contributed by atoms with Crippen molar-refractivity contribution in [1.29, 1.82) is 0 Å². The van der Waals surface area contributed by atoms with Crippen LogP contribution in [0.4, 0.5) is 0 Å². The van der Waals surface area contributed by atoms with E-state index in [1.807, 2.05) is 49.3 Å². The second-order valence-electron chi connectivity index (χ2n) is 21.9. The van der Waals surface area contributed by atoms with E-state index >= 15 is 0 Å². The molecule has 8 aromatic carbocycles. The van der Waals surface area contributed by atoms with Gasteiger partial charge in [-0.25, -0.2) is 0 Å². The molecule has 0 saturated heterocycles. The summed E-state index contributed by atoms with van der Waals surface area (Å²) in [5.74, 6) is 0. The molecule has 370 valence electrons.